The van der Waals surface area contributed by atoms with Crippen LogP contribution in [0.25, 0.3) is 0 Å². The fraction of sp³-hybridized carbons (Fsp3) is 0.650. The molecule has 1 saturated carbocycles. The number of aliphatic hydroxyl groups is 1. The Morgan fingerprint density at radius 3 is 2.76 bits per heavy atom. The third-order valence-corrected chi connectivity index (χ3v) is 4.87. The highest BCUT2D eigenvalue weighted by Gasteiger charge is 2.18. The molecule has 1 heterocycles. The molecule has 1 unspecified atom stereocenters. The highest BCUT2D eigenvalue weighted by molar-refractivity contribution is 5.44. The molecule has 5 heteroatoms. The minimum absolute atomic E-state index is 0.267. The number of rotatable bonds is 11. The minimum Gasteiger partial charge on any atom is -0.511 e. The first-order valence-electron chi connectivity index (χ1n) is 9.56. The van der Waals surface area contributed by atoms with Crippen molar-refractivity contribution < 1.29 is 9.84 Å². The van der Waals surface area contributed by atoms with E-state index in [1.54, 1.807) is 0 Å². The minimum atomic E-state index is -0.267. The van der Waals surface area contributed by atoms with E-state index in [0.29, 0.717) is 18.8 Å². The van der Waals surface area contributed by atoms with Crippen LogP contribution in [0.1, 0.15) is 56.7 Å². The lowest BCUT2D eigenvalue weighted by atomic mass is 9.89. The van der Waals surface area contributed by atoms with Crippen LogP contribution in [-0.4, -0.2) is 36.4 Å². The van der Waals surface area contributed by atoms with Crippen molar-refractivity contribution in [3.05, 3.63) is 34.7 Å². The summed E-state index contributed by atoms with van der Waals surface area (Å²) in [5.74, 6) is 1.39. The molecule has 0 aliphatic heterocycles. The van der Waals surface area contributed by atoms with Gasteiger partial charge < -0.3 is 20.9 Å². The first-order valence-corrected chi connectivity index (χ1v) is 9.56. The van der Waals surface area contributed by atoms with Crippen molar-refractivity contribution >= 4 is 5.82 Å². The van der Waals surface area contributed by atoms with E-state index in [4.69, 9.17) is 10.5 Å². The van der Waals surface area contributed by atoms with Gasteiger partial charge in [-0.2, -0.15) is 0 Å². The van der Waals surface area contributed by atoms with Gasteiger partial charge in [0.15, 0.2) is 0 Å². The third kappa shape index (κ3) is 6.01. The van der Waals surface area contributed by atoms with Crippen LogP contribution >= 0.6 is 0 Å². The lowest BCUT2D eigenvalue weighted by molar-refractivity contribution is 0.122. The zero-order chi connectivity index (χ0) is 18.1. The number of aliphatic hydroxyl groups excluding tert-OH is 1. The summed E-state index contributed by atoms with van der Waals surface area (Å²) in [4.78, 5) is 4.67. The van der Waals surface area contributed by atoms with Gasteiger partial charge in [0, 0.05) is 26.0 Å². The van der Waals surface area contributed by atoms with Crippen molar-refractivity contribution in [3.63, 3.8) is 0 Å². The lowest BCUT2D eigenvalue weighted by Gasteiger charge is -2.22. The molecule has 0 spiro atoms. The van der Waals surface area contributed by atoms with Crippen LogP contribution in [0.15, 0.2) is 23.5 Å². The van der Waals surface area contributed by atoms with Gasteiger partial charge >= 0.3 is 0 Å². The fourth-order valence-electron chi connectivity index (χ4n) is 3.00. The summed E-state index contributed by atoms with van der Waals surface area (Å²) in [6.45, 7) is 3.48. The molecule has 140 valence electrons. The summed E-state index contributed by atoms with van der Waals surface area (Å²) in [6, 6.07) is 4.02. The Balaban J connectivity index is 1.57. The smallest absolute Gasteiger partial charge is 0.129 e. The van der Waals surface area contributed by atoms with E-state index in [-0.39, 0.29) is 6.04 Å². The molecule has 1 aromatic heterocycles. The van der Waals surface area contributed by atoms with E-state index in [1.807, 2.05) is 7.05 Å². The van der Waals surface area contributed by atoms with Crippen LogP contribution in [-0.2, 0) is 17.6 Å². The summed E-state index contributed by atoms with van der Waals surface area (Å²) in [6.07, 6.45) is 7.89. The molecule has 0 bridgehead atoms. The van der Waals surface area contributed by atoms with Crippen LogP contribution in [0.3, 0.4) is 0 Å². The number of hydrogen-bond donors (Lipinski definition) is 3. The maximum Gasteiger partial charge on any atom is 0.129 e. The predicted molar refractivity (Wildman–Crippen MR) is 103 cm³/mol. The van der Waals surface area contributed by atoms with Gasteiger partial charge in [-0.1, -0.05) is 13.0 Å². The Morgan fingerprint density at radius 1 is 1.32 bits per heavy atom. The molecule has 1 aliphatic rings. The Bertz CT molecular complexity index is 566. The fourth-order valence-corrected chi connectivity index (χ4v) is 3.00. The van der Waals surface area contributed by atoms with E-state index in [1.165, 1.54) is 12.0 Å². The summed E-state index contributed by atoms with van der Waals surface area (Å²) >= 11 is 0. The van der Waals surface area contributed by atoms with Gasteiger partial charge in [-0.15, -0.1) is 0 Å². The molecule has 0 aromatic carbocycles. The summed E-state index contributed by atoms with van der Waals surface area (Å²) < 4.78 is 5.66. The second-order valence-electron chi connectivity index (χ2n) is 6.72. The van der Waals surface area contributed by atoms with Crippen molar-refractivity contribution in [1.82, 2.24) is 4.98 Å². The zero-order valence-electron chi connectivity index (χ0n) is 15.7. The third-order valence-electron chi connectivity index (χ3n) is 4.87. The molecule has 2 rings (SSSR count). The van der Waals surface area contributed by atoms with E-state index in [9.17, 15) is 5.11 Å². The lowest BCUT2D eigenvalue weighted by Crippen LogP contribution is -2.27. The predicted octanol–water partition coefficient (Wildman–Crippen LogP) is 3.74. The molecule has 25 heavy (non-hydrogen) atoms. The van der Waals surface area contributed by atoms with Crippen LogP contribution in [0.5, 0.6) is 0 Å². The summed E-state index contributed by atoms with van der Waals surface area (Å²) in [7, 11) is 1.92. The van der Waals surface area contributed by atoms with Gasteiger partial charge in [0.25, 0.3) is 0 Å². The van der Waals surface area contributed by atoms with Gasteiger partial charge in [-0.3, -0.25) is 0 Å². The normalized spacial score (nSPS) is 14.9. The van der Waals surface area contributed by atoms with Crippen molar-refractivity contribution in [1.29, 1.82) is 0 Å². The molecule has 4 N–H and O–H groups in total. The molecule has 1 aromatic rings. The maximum absolute atomic E-state index is 9.97. The first-order chi connectivity index (χ1) is 12.2. The standard InChI is InChI=1S/C20H33N3O2/c1-3-15-10-11-17(23-20(15)22-2)9-4-5-13-25-14-12-18(21)19(24)16-7-6-8-16/h10-11,18,24H,3-9,12-14,21H2,1-2H3,(H,22,23). The quantitative estimate of drug-likeness (QED) is 0.420. The van der Waals surface area contributed by atoms with Crippen molar-refractivity contribution in [2.75, 3.05) is 25.6 Å². The second kappa shape index (κ2) is 10.4. The van der Waals surface area contributed by atoms with Crippen LogP contribution in [0.4, 0.5) is 5.82 Å². The Labute approximate surface area is 151 Å². The van der Waals surface area contributed by atoms with Crippen LogP contribution in [0.2, 0.25) is 0 Å². The second-order valence-corrected chi connectivity index (χ2v) is 6.72. The van der Waals surface area contributed by atoms with E-state index in [0.717, 1.165) is 62.2 Å². The van der Waals surface area contributed by atoms with E-state index < -0.39 is 0 Å². The zero-order valence-corrected chi connectivity index (χ0v) is 15.7. The molecule has 0 radical (unpaired) electrons. The monoisotopic (exact) mass is 347 g/mol. The number of nitrogens with two attached hydrogens (primary N) is 1. The molecular weight excluding hydrogens is 314 g/mol. The Kier molecular flexibility index (Phi) is 8.22. The van der Waals surface area contributed by atoms with Gasteiger partial charge in [-0.25, -0.2) is 4.98 Å². The molecule has 5 nitrogen and oxygen atoms in total. The molecule has 1 atom stereocenters. The highest BCUT2D eigenvalue weighted by atomic mass is 16.5. The van der Waals surface area contributed by atoms with Crippen molar-refractivity contribution in [2.45, 2.75) is 64.3 Å². The SMILES string of the molecule is CCc1ccc(CCCCOCCC(N)C(O)=C2CCC2)nc1NC. The topological polar surface area (TPSA) is 80.4 Å². The summed E-state index contributed by atoms with van der Waals surface area (Å²) in [5.41, 5.74) is 9.51. The molecule has 0 saturated heterocycles. The molecular formula is C20H33N3O2. The Hall–Kier alpha value is -1.59. The van der Waals surface area contributed by atoms with Gasteiger partial charge in [0.05, 0.1) is 6.04 Å². The number of nitrogens with one attached hydrogen (secondary N) is 1. The largest absolute Gasteiger partial charge is 0.511 e. The van der Waals surface area contributed by atoms with E-state index in [2.05, 4.69) is 29.4 Å². The van der Waals surface area contributed by atoms with Gasteiger partial charge in [0.2, 0.25) is 0 Å². The number of ether oxygens (including phenoxy) is 1. The highest BCUT2D eigenvalue weighted by Crippen LogP contribution is 2.29. The van der Waals surface area contributed by atoms with Gasteiger partial charge in [0.1, 0.15) is 11.6 Å². The number of aryl methyl sites for hydroxylation is 2. The molecule has 1 aliphatic carbocycles. The Morgan fingerprint density at radius 2 is 2.12 bits per heavy atom. The van der Waals surface area contributed by atoms with E-state index >= 15 is 0 Å². The van der Waals surface area contributed by atoms with Crippen molar-refractivity contribution in [2.24, 2.45) is 5.73 Å². The maximum atomic E-state index is 9.97. The molecule has 0 amide bonds. The number of hydrogen-bond acceptors (Lipinski definition) is 5. The average Bonchev–Trinajstić information content (AvgIpc) is 2.58. The number of aromatic nitrogens is 1. The number of nitrogens with zero attached hydrogens (tertiary/aromatic N) is 1. The number of allylic oxidation sites excluding steroid dienone is 1. The number of anilines is 1. The van der Waals surface area contributed by atoms with Crippen molar-refractivity contribution in [3.8, 4) is 0 Å². The average molecular weight is 348 g/mol. The number of pyridine rings is 1. The summed E-state index contributed by atoms with van der Waals surface area (Å²) in [5, 5.41) is 13.1. The molecule has 1 fully saturated rings. The first kappa shape index (κ1) is 19.7. The van der Waals surface area contributed by atoms with Crippen LogP contribution in [0, 0.1) is 0 Å². The van der Waals surface area contributed by atoms with Crippen LogP contribution < -0.4 is 11.1 Å². The number of unbranched alkanes of at least 4 members (excludes halogenated alkanes) is 1. The van der Waals surface area contributed by atoms with Gasteiger partial charge in [-0.05, 0) is 68.6 Å².